The first-order chi connectivity index (χ1) is 19.4. The van der Waals surface area contributed by atoms with Crippen LogP contribution in [0.5, 0.6) is 23.0 Å². The molecule has 2 aromatic rings. The number of hydrogen-bond acceptors (Lipinski definition) is 13. The number of ketones is 1. The van der Waals surface area contributed by atoms with Crippen LogP contribution in [0.2, 0.25) is 0 Å². The van der Waals surface area contributed by atoms with Crippen molar-refractivity contribution in [3.63, 3.8) is 0 Å². The van der Waals surface area contributed by atoms with Gasteiger partial charge in [0, 0.05) is 11.6 Å². The fourth-order valence-electron chi connectivity index (χ4n) is 4.35. The van der Waals surface area contributed by atoms with Crippen molar-refractivity contribution in [2.24, 2.45) is 0 Å². The first kappa shape index (κ1) is 30.0. The SMILES string of the molecule is C=C(CO[C@@H]1O[C@H](COC(=O)/C=C/c2ccc(O)c(O)c2)[C@@H](O)[C@H](O)[C@H]1O)[C@@H]1Oc2cc(C(C)=O)c(O)cc2[C@@H]1O. The minimum Gasteiger partial charge on any atom is -0.507 e. The Bertz CT molecular complexity index is 1350. The van der Waals surface area contributed by atoms with Crippen molar-refractivity contribution < 1.29 is 64.3 Å². The molecule has 0 bridgehead atoms. The van der Waals surface area contributed by atoms with Gasteiger partial charge in [-0.3, -0.25) is 4.79 Å². The van der Waals surface area contributed by atoms with E-state index in [9.17, 15) is 45.3 Å². The molecule has 220 valence electrons. The van der Waals surface area contributed by atoms with Crippen LogP contribution in [0.3, 0.4) is 0 Å². The van der Waals surface area contributed by atoms with Gasteiger partial charge in [0.05, 0.1) is 12.2 Å². The quantitative estimate of drug-likeness (QED) is 0.0713. The Labute approximate surface area is 233 Å². The van der Waals surface area contributed by atoms with Gasteiger partial charge in [0.15, 0.2) is 29.7 Å². The summed E-state index contributed by atoms with van der Waals surface area (Å²) in [6.07, 6.45) is -7.72. The van der Waals surface area contributed by atoms with Crippen LogP contribution >= 0.6 is 0 Å². The second kappa shape index (κ2) is 12.3. The third-order valence-corrected chi connectivity index (χ3v) is 6.67. The number of ether oxygens (including phenoxy) is 4. The molecule has 2 aromatic carbocycles. The number of esters is 1. The summed E-state index contributed by atoms with van der Waals surface area (Å²) in [7, 11) is 0. The van der Waals surface area contributed by atoms with Crippen LogP contribution in [-0.2, 0) is 19.0 Å². The molecule has 0 saturated carbocycles. The number of aliphatic hydroxyl groups is 4. The van der Waals surface area contributed by atoms with Gasteiger partial charge in [0.25, 0.3) is 0 Å². The predicted octanol–water partition coefficient (Wildman–Crippen LogP) is 0.437. The highest BCUT2D eigenvalue weighted by Gasteiger charge is 2.45. The maximum absolute atomic E-state index is 12.1. The second-order valence-corrected chi connectivity index (χ2v) is 9.64. The lowest BCUT2D eigenvalue weighted by Gasteiger charge is -2.40. The van der Waals surface area contributed by atoms with E-state index in [0.29, 0.717) is 5.56 Å². The third-order valence-electron chi connectivity index (χ3n) is 6.67. The van der Waals surface area contributed by atoms with E-state index < -0.39 is 61.3 Å². The monoisotopic (exact) mass is 574 g/mol. The summed E-state index contributed by atoms with van der Waals surface area (Å²) in [5.74, 6) is -2.07. The van der Waals surface area contributed by atoms with Crippen LogP contribution in [0.1, 0.15) is 34.5 Å². The Kier molecular flexibility index (Phi) is 8.97. The molecule has 7 atom stereocenters. The second-order valence-electron chi connectivity index (χ2n) is 9.64. The van der Waals surface area contributed by atoms with Gasteiger partial charge in [-0.25, -0.2) is 4.79 Å². The average molecular weight is 575 g/mol. The van der Waals surface area contributed by atoms with Crippen LogP contribution in [0.4, 0.5) is 0 Å². The fraction of sp³-hybridized carbons (Fsp3) is 0.357. The highest BCUT2D eigenvalue weighted by atomic mass is 16.7. The highest BCUT2D eigenvalue weighted by molar-refractivity contribution is 5.97. The zero-order valence-electron chi connectivity index (χ0n) is 21.8. The Morgan fingerprint density at radius 3 is 2.39 bits per heavy atom. The van der Waals surface area contributed by atoms with Crippen LogP contribution in [-0.4, -0.2) is 97.5 Å². The van der Waals surface area contributed by atoms with E-state index in [-0.39, 0.29) is 46.3 Å². The summed E-state index contributed by atoms with van der Waals surface area (Å²) >= 11 is 0. The van der Waals surface area contributed by atoms with Crippen molar-refractivity contribution in [1.29, 1.82) is 0 Å². The maximum Gasteiger partial charge on any atom is 0.330 e. The van der Waals surface area contributed by atoms with E-state index in [2.05, 4.69) is 6.58 Å². The van der Waals surface area contributed by atoms with Gasteiger partial charge in [-0.1, -0.05) is 12.6 Å². The van der Waals surface area contributed by atoms with Crippen molar-refractivity contribution in [1.82, 2.24) is 0 Å². The van der Waals surface area contributed by atoms with Crippen LogP contribution < -0.4 is 4.74 Å². The van der Waals surface area contributed by atoms with E-state index in [0.717, 1.165) is 6.08 Å². The van der Waals surface area contributed by atoms with E-state index in [1.54, 1.807) is 0 Å². The van der Waals surface area contributed by atoms with Gasteiger partial charge >= 0.3 is 5.97 Å². The molecule has 0 radical (unpaired) electrons. The average Bonchev–Trinajstić information content (AvgIpc) is 3.25. The zero-order valence-corrected chi connectivity index (χ0v) is 21.8. The first-order valence-corrected chi connectivity index (χ1v) is 12.5. The molecular formula is C28H30O13. The summed E-state index contributed by atoms with van der Waals surface area (Å²) < 4.78 is 21.8. The summed E-state index contributed by atoms with van der Waals surface area (Å²) in [6, 6.07) is 6.45. The third kappa shape index (κ3) is 6.51. The van der Waals surface area contributed by atoms with Gasteiger partial charge in [0.1, 0.15) is 48.6 Å². The van der Waals surface area contributed by atoms with Gasteiger partial charge in [-0.2, -0.15) is 0 Å². The van der Waals surface area contributed by atoms with Crippen molar-refractivity contribution in [2.45, 2.75) is 49.8 Å². The normalized spacial score (nSPS) is 27.3. The van der Waals surface area contributed by atoms with E-state index in [1.807, 2.05) is 0 Å². The lowest BCUT2D eigenvalue weighted by molar-refractivity contribution is -0.299. The number of carbonyl (C=O) groups is 2. The summed E-state index contributed by atoms with van der Waals surface area (Å²) in [4.78, 5) is 23.8. The Morgan fingerprint density at radius 1 is 0.976 bits per heavy atom. The number of rotatable bonds is 9. The van der Waals surface area contributed by atoms with Gasteiger partial charge in [-0.15, -0.1) is 0 Å². The number of benzene rings is 2. The van der Waals surface area contributed by atoms with E-state index in [1.165, 1.54) is 43.3 Å². The number of hydrogen-bond donors (Lipinski definition) is 7. The molecule has 0 amide bonds. The molecule has 1 fully saturated rings. The van der Waals surface area contributed by atoms with E-state index in [4.69, 9.17) is 18.9 Å². The number of phenols is 3. The molecule has 2 aliphatic rings. The molecule has 13 nitrogen and oxygen atoms in total. The molecule has 4 rings (SSSR count). The summed E-state index contributed by atoms with van der Waals surface area (Å²) in [5.41, 5.74) is 0.854. The smallest absolute Gasteiger partial charge is 0.330 e. The van der Waals surface area contributed by atoms with Crippen LogP contribution in [0.25, 0.3) is 6.08 Å². The first-order valence-electron chi connectivity index (χ1n) is 12.5. The molecule has 41 heavy (non-hydrogen) atoms. The standard InChI is InChI=1S/C28H30O13/c1-12(27-23(34)16-8-18(31)15(13(2)29)9-20(16)40-27)10-39-28-26(37)25(36)24(35)21(41-28)11-38-22(33)6-4-14-3-5-17(30)19(32)7-14/h3-9,21,23-28,30-32,34-37H,1,10-11H2,2H3/b6-4+/t21-,23+,24-,25+,26-,27+,28-/m1/s1. The number of aliphatic hydroxyl groups excluding tert-OH is 4. The molecule has 0 aromatic heterocycles. The molecule has 2 heterocycles. The molecule has 2 aliphatic heterocycles. The van der Waals surface area contributed by atoms with Crippen molar-refractivity contribution in [3.05, 3.63) is 65.3 Å². The molecule has 1 saturated heterocycles. The predicted molar refractivity (Wildman–Crippen MR) is 139 cm³/mol. The molecule has 0 spiro atoms. The minimum absolute atomic E-state index is 0.0200. The van der Waals surface area contributed by atoms with Gasteiger partial charge in [0.2, 0.25) is 0 Å². The van der Waals surface area contributed by atoms with Crippen LogP contribution in [0.15, 0.2) is 48.6 Å². The summed E-state index contributed by atoms with van der Waals surface area (Å²) in [6.45, 7) is 4.25. The maximum atomic E-state index is 12.1. The number of Topliss-reactive ketones (excluding diaryl/α,β-unsaturated/α-hetero) is 1. The molecule has 13 heteroatoms. The molecular weight excluding hydrogens is 544 g/mol. The lowest BCUT2D eigenvalue weighted by atomic mass is 9.98. The molecule has 0 unspecified atom stereocenters. The fourth-order valence-corrected chi connectivity index (χ4v) is 4.35. The van der Waals surface area contributed by atoms with Crippen molar-refractivity contribution in [3.8, 4) is 23.0 Å². The molecule has 0 aliphatic carbocycles. The summed E-state index contributed by atoms with van der Waals surface area (Å²) in [5, 5.41) is 70.6. The largest absolute Gasteiger partial charge is 0.507 e. The van der Waals surface area contributed by atoms with Crippen molar-refractivity contribution >= 4 is 17.8 Å². The number of phenolic OH excluding ortho intramolecular Hbond substituents is 3. The highest BCUT2D eigenvalue weighted by Crippen LogP contribution is 2.42. The topological polar surface area (TPSA) is 213 Å². The zero-order chi connectivity index (χ0) is 30.0. The van der Waals surface area contributed by atoms with E-state index >= 15 is 0 Å². The number of fused-ring (bicyclic) bond motifs is 1. The minimum atomic E-state index is -1.72. The number of aromatic hydroxyl groups is 3. The Balaban J connectivity index is 1.33. The van der Waals surface area contributed by atoms with Gasteiger partial charge < -0.3 is 54.7 Å². The Hall–Kier alpha value is -3.98. The Morgan fingerprint density at radius 2 is 1.71 bits per heavy atom. The lowest BCUT2D eigenvalue weighted by Crippen LogP contribution is -2.59. The van der Waals surface area contributed by atoms with Crippen LogP contribution in [0, 0.1) is 0 Å². The van der Waals surface area contributed by atoms with Crippen molar-refractivity contribution in [2.75, 3.05) is 13.2 Å². The van der Waals surface area contributed by atoms with Gasteiger partial charge in [-0.05, 0) is 48.4 Å². The molecule has 7 N–H and O–H groups in total. The number of carbonyl (C=O) groups excluding carboxylic acids is 2.